The molecule has 4 aromatic rings. The molecule has 0 aliphatic carbocycles. The van der Waals surface area contributed by atoms with Gasteiger partial charge in [-0.15, -0.1) is 0 Å². The molecule has 0 atom stereocenters. The smallest absolute Gasteiger partial charge is 0.229 e. The Kier molecular flexibility index (Phi) is 3.98. The molecule has 1 N–H and O–H groups in total. The third kappa shape index (κ3) is 3.07. The van der Waals surface area contributed by atoms with Gasteiger partial charge in [0, 0.05) is 25.5 Å². The van der Waals surface area contributed by atoms with Gasteiger partial charge in [0.15, 0.2) is 28.9 Å². The number of anilines is 2. The predicted octanol–water partition coefficient (Wildman–Crippen LogP) is 2.91. The van der Waals surface area contributed by atoms with Gasteiger partial charge in [0.05, 0.1) is 35.6 Å². The molecule has 0 aliphatic heterocycles. The van der Waals surface area contributed by atoms with Gasteiger partial charge in [-0.3, -0.25) is 4.68 Å². The lowest BCUT2D eigenvalue weighted by Crippen LogP contribution is -2.10. The van der Waals surface area contributed by atoms with Crippen molar-refractivity contribution in [2.75, 3.05) is 5.32 Å². The van der Waals surface area contributed by atoms with Crippen molar-refractivity contribution in [2.45, 2.75) is 6.54 Å². The Bertz CT molecular complexity index is 1130. The van der Waals surface area contributed by atoms with Crippen LogP contribution in [-0.2, 0) is 13.6 Å². The number of benzene rings is 1. The molecule has 138 valence electrons. The molecule has 7 nitrogen and oxygen atoms in total. The summed E-state index contributed by atoms with van der Waals surface area (Å²) < 4.78 is 57.4. The molecule has 1 aromatic carbocycles. The molecule has 0 amide bonds. The van der Waals surface area contributed by atoms with Crippen LogP contribution in [-0.4, -0.2) is 29.5 Å². The first-order valence-electron chi connectivity index (χ1n) is 7.68. The topological polar surface area (TPSA) is 73.5 Å². The van der Waals surface area contributed by atoms with Crippen molar-refractivity contribution in [2.24, 2.45) is 7.05 Å². The fourth-order valence-electron chi connectivity index (χ4n) is 2.57. The zero-order valence-electron chi connectivity index (χ0n) is 13.8. The molecule has 0 saturated heterocycles. The second kappa shape index (κ2) is 6.34. The van der Waals surface area contributed by atoms with Gasteiger partial charge < -0.3 is 5.32 Å². The quantitative estimate of drug-likeness (QED) is 0.437. The largest absolute Gasteiger partial charge is 0.321 e. The predicted molar refractivity (Wildman–Crippen MR) is 87.2 cm³/mol. The van der Waals surface area contributed by atoms with E-state index in [9.17, 15) is 17.6 Å². The summed E-state index contributed by atoms with van der Waals surface area (Å²) in [4.78, 5) is 8.36. The number of aryl methyl sites for hydroxylation is 1. The van der Waals surface area contributed by atoms with Crippen LogP contribution in [0.4, 0.5) is 29.2 Å². The molecule has 4 rings (SSSR count). The number of hydrogen-bond donors (Lipinski definition) is 1. The van der Waals surface area contributed by atoms with Crippen molar-refractivity contribution < 1.29 is 17.6 Å². The van der Waals surface area contributed by atoms with Crippen molar-refractivity contribution in [1.29, 1.82) is 0 Å². The maximum atomic E-state index is 13.9. The lowest BCUT2D eigenvalue weighted by Gasteiger charge is -2.08. The van der Waals surface area contributed by atoms with Gasteiger partial charge in [0.2, 0.25) is 5.95 Å². The fourth-order valence-corrected chi connectivity index (χ4v) is 2.57. The molecule has 0 aliphatic rings. The van der Waals surface area contributed by atoms with E-state index >= 15 is 0 Å². The third-order valence-corrected chi connectivity index (χ3v) is 3.85. The van der Waals surface area contributed by atoms with E-state index in [1.165, 1.54) is 12.4 Å². The molecule has 0 radical (unpaired) electrons. The average Bonchev–Trinajstić information content (AvgIpc) is 3.23. The maximum absolute atomic E-state index is 13.9. The Hall–Kier alpha value is -3.50. The number of nitrogens with zero attached hydrogens (tertiary/aromatic N) is 6. The summed E-state index contributed by atoms with van der Waals surface area (Å²) in [6, 6.07) is 0.160. The Morgan fingerprint density at radius 2 is 1.74 bits per heavy atom. The van der Waals surface area contributed by atoms with Gasteiger partial charge in [-0.1, -0.05) is 0 Å². The number of fused-ring (bicyclic) bond motifs is 1. The number of hydrogen-bond acceptors (Lipinski definition) is 5. The monoisotopic (exact) mass is 377 g/mol. The van der Waals surface area contributed by atoms with E-state index in [2.05, 4.69) is 25.5 Å². The van der Waals surface area contributed by atoms with Crippen LogP contribution in [0.25, 0.3) is 11.0 Å². The van der Waals surface area contributed by atoms with E-state index in [-0.39, 0.29) is 17.7 Å². The Balaban J connectivity index is 1.72. The summed E-state index contributed by atoms with van der Waals surface area (Å²) in [7, 11) is 1.74. The molecular weight excluding hydrogens is 366 g/mol. The molecule has 0 bridgehead atoms. The van der Waals surface area contributed by atoms with Gasteiger partial charge in [-0.25, -0.2) is 27.2 Å². The SMILES string of the molecule is Cn1cc(Nc2ncc3cnn(Cc4c(F)c(F)cc(F)c4F)c3n2)cn1. The second-order valence-corrected chi connectivity index (χ2v) is 5.75. The van der Waals surface area contributed by atoms with Crippen LogP contribution < -0.4 is 5.32 Å². The van der Waals surface area contributed by atoms with Crippen molar-refractivity contribution in [3.8, 4) is 0 Å². The highest BCUT2D eigenvalue weighted by Crippen LogP contribution is 2.22. The van der Waals surface area contributed by atoms with Crippen LogP contribution in [0, 0.1) is 23.3 Å². The molecule has 11 heteroatoms. The Morgan fingerprint density at radius 1 is 1.00 bits per heavy atom. The first kappa shape index (κ1) is 16.9. The van der Waals surface area contributed by atoms with Crippen LogP contribution >= 0.6 is 0 Å². The summed E-state index contributed by atoms with van der Waals surface area (Å²) in [6.45, 7) is -0.542. The van der Waals surface area contributed by atoms with Crippen LogP contribution in [0.1, 0.15) is 5.56 Å². The highest BCUT2D eigenvalue weighted by atomic mass is 19.2. The number of rotatable bonds is 4. The van der Waals surface area contributed by atoms with Gasteiger partial charge in [0.1, 0.15) is 0 Å². The molecule has 0 spiro atoms. The molecule has 3 aromatic heterocycles. The molecule has 0 fully saturated rings. The Morgan fingerprint density at radius 3 is 2.41 bits per heavy atom. The van der Waals surface area contributed by atoms with Crippen LogP contribution in [0.15, 0.2) is 30.9 Å². The molecule has 0 saturated carbocycles. The summed E-state index contributed by atoms with van der Waals surface area (Å²) in [6.07, 6.45) is 6.11. The van der Waals surface area contributed by atoms with E-state index in [4.69, 9.17) is 0 Å². The van der Waals surface area contributed by atoms with Crippen LogP contribution in [0.5, 0.6) is 0 Å². The maximum Gasteiger partial charge on any atom is 0.229 e. The lowest BCUT2D eigenvalue weighted by molar-refractivity contribution is 0.432. The van der Waals surface area contributed by atoms with E-state index in [1.54, 1.807) is 24.1 Å². The summed E-state index contributed by atoms with van der Waals surface area (Å²) >= 11 is 0. The fraction of sp³-hybridized carbons (Fsp3) is 0.125. The Labute approximate surface area is 149 Å². The van der Waals surface area contributed by atoms with Crippen molar-refractivity contribution in [1.82, 2.24) is 29.5 Å². The van der Waals surface area contributed by atoms with Crippen molar-refractivity contribution >= 4 is 22.7 Å². The summed E-state index contributed by atoms with van der Waals surface area (Å²) in [5.74, 6) is -5.70. The number of nitrogens with one attached hydrogen (secondary N) is 1. The summed E-state index contributed by atoms with van der Waals surface area (Å²) in [5.41, 5.74) is 0.0879. The number of halogens is 4. The van der Waals surface area contributed by atoms with Gasteiger partial charge in [-0.2, -0.15) is 15.2 Å². The third-order valence-electron chi connectivity index (χ3n) is 3.85. The minimum Gasteiger partial charge on any atom is -0.321 e. The molecule has 3 heterocycles. The van der Waals surface area contributed by atoms with Gasteiger partial charge >= 0.3 is 0 Å². The van der Waals surface area contributed by atoms with E-state index < -0.39 is 35.4 Å². The standard InChI is InChI=1S/C16H11F4N7/c1-26-6-9(5-22-26)24-16-21-3-8-4-23-27(15(8)25-16)7-10-13(19)11(17)2-12(18)14(10)20/h2-6H,7H2,1H3,(H,21,24,25). The van der Waals surface area contributed by atoms with Crippen LogP contribution in [0.3, 0.4) is 0 Å². The van der Waals surface area contributed by atoms with Crippen molar-refractivity contribution in [3.63, 3.8) is 0 Å². The highest BCUT2D eigenvalue weighted by molar-refractivity contribution is 5.75. The van der Waals surface area contributed by atoms with E-state index in [0.717, 1.165) is 4.68 Å². The molecule has 0 unspecified atom stereocenters. The molecular formula is C16H11F4N7. The zero-order chi connectivity index (χ0) is 19.1. The second-order valence-electron chi connectivity index (χ2n) is 5.75. The minimum absolute atomic E-state index is 0.160. The number of aromatic nitrogens is 6. The minimum atomic E-state index is -1.48. The molecule has 27 heavy (non-hydrogen) atoms. The van der Waals surface area contributed by atoms with Crippen LogP contribution in [0.2, 0.25) is 0 Å². The summed E-state index contributed by atoms with van der Waals surface area (Å²) in [5, 5.41) is 11.4. The van der Waals surface area contributed by atoms with Gasteiger partial charge in [0.25, 0.3) is 0 Å². The van der Waals surface area contributed by atoms with E-state index in [0.29, 0.717) is 11.1 Å². The van der Waals surface area contributed by atoms with Crippen molar-refractivity contribution in [3.05, 3.63) is 59.7 Å². The van der Waals surface area contributed by atoms with E-state index in [1.807, 2.05) is 0 Å². The normalized spacial score (nSPS) is 11.3. The first-order chi connectivity index (χ1) is 12.9. The highest BCUT2D eigenvalue weighted by Gasteiger charge is 2.20. The average molecular weight is 377 g/mol. The first-order valence-corrected chi connectivity index (χ1v) is 7.68. The zero-order valence-corrected chi connectivity index (χ0v) is 13.8. The lowest BCUT2D eigenvalue weighted by atomic mass is 10.2. The van der Waals surface area contributed by atoms with Gasteiger partial charge in [-0.05, 0) is 0 Å².